The predicted molar refractivity (Wildman–Crippen MR) is 108 cm³/mol. The lowest BCUT2D eigenvalue weighted by Crippen LogP contribution is -2.32. The molecule has 0 saturated heterocycles. The molecule has 1 aromatic heterocycles. The van der Waals surface area contributed by atoms with Crippen molar-refractivity contribution < 1.29 is 8.42 Å². The first kappa shape index (κ1) is 19.3. The largest absolute Gasteiger partial charge is 0.354 e. The molecule has 0 fully saturated rings. The Hall–Kier alpha value is -3.42. The highest BCUT2D eigenvalue weighted by molar-refractivity contribution is 7.90. The molecular weight excluding hydrogens is 380 g/mol. The molecule has 3 aromatic rings. The summed E-state index contributed by atoms with van der Waals surface area (Å²) >= 11 is 0. The Kier molecular flexibility index (Phi) is 5.30. The van der Waals surface area contributed by atoms with Gasteiger partial charge in [0.2, 0.25) is 0 Å². The van der Waals surface area contributed by atoms with Crippen molar-refractivity contribution >= 4 is 38.2 Å². The molecule has 0 spiro atoms. The minimum atomic E-state index is -3.77. The van der Waals surface area contributed by atoms with E-state index in [1.165, 1.54) is 19.4 Å². The zero-order valence-corrected chi connectivity index (χ0v) is 16.0. The van der Waals surface area contributed by atoms with E-state index < -0.39 is 10.2 Å². The van der Waals surface area contributed by atoms with E-state index in [1.54, 1.807) is 37.3 Å². The van der Waals surface area contributed by atoms with Gasteiger partial charge in [0.1, 0.15) is 6.07 Å². The van der Waals surface area contributed by atoms with Crippen LogP contribution in [0.1, 0.15) is 12.5 Å². The van der Waals surface area contributed by atoms with Crippen molar-refractivity contribution in [3.05, 3.63) is 58.6 Å². The van der Waals surface area contributed by atoms with E-state index in [1.807, 2.05) is 6.07 Å². The average Bonchev–Trinajstić information content (AvgIpc) is 2.68. The lowest BCUT2D eigenvalue weighted by atomic mass is 10.1. The molecule has 0 unspecified atom stereocenters. The molecular formula is C18H18N6O3S. The van der Waals surface area contributed by atoms with Gasteiger partial charge in [-0.15, -0.1) is 0 Å². The summed E-state index contributed by atoms with van der Waals surface area (Å²) < 4.78 is 28.1. The van der Waals surface area contributed by atoms with Gasteiger partial charge < -0.3 is 10.3 Å². The molecule has 144 valence electrons. The number of rotatable bonds is 6. The van der Waals surface area contributed by atoms with Crippen LogP contribution in [0, 0.1) is 11.3 Å². The highest BCUT2D eigenvalue weighted by Crippen LogP contribution is 2.28. The first-order valence-electron chi connectivity index (χ1n) is 8.37. The number of nitriles is 1. The number of aromatic nitrogens is 2. The number of hydrogen-bond acceptors (Lipinski definition) is 6. The van der Waals surface area contributed by atoms with Crippen LogP contribution in [-0.4, -0.2) is 36.3 Å². The highest BCUT2D eigenvalue weighted by atomic mass is 32.2. The molecule has 2 aromatic carbocycles. The van der Waals surface area contributed by atoms with Crippen molar-refractivity contribution in [1.29, 1.82) is 5.26 Å². The normalized spacial score (nSPS) is 11.4. The molecule has 0 saturated carbocycles. The number of fused-ring (bicyclic) bond motifs is 1. The maximum atomic E-state index is 12.3. The minimum absolute atomic E-state index is 0.135. The second-order valence-corrected chi connectivity index (χ2v) is 7.73. The average molecular weight is 398 g/mol. The SMILES string of the molecule is CCN(C)S(=O)(=O)Nc1cccc(Nc2ccc3nc[nH]c(=O)c3c2)c1C#N. The van der Waals surface area contributed by atoms with Gasteiger partial charge in [0, 0.05) is 19.3 Å². The molecule has 3 rings (SSSR count). The van der Waals surface area contributed by atoms with Gasteiger partial charge in [-0.2, -0.15) is 18.0 Å². The van der Waals surface area contributed by atoms with E-state index in [4.69, 9.17) is 0 Å². The first-order chi connectivity index (χ1) is 13.4. The van der Waals surface area contributed by atoms with E-state index >= 15 is 0 Å². The molecule has 0 aliphatic carbocycles. The Morgan fingerprint density at radius 3 is 2.71 bits per heavy atom. The van der Waals surface area contributed by atoms with Gasteiger partial charge >= 0.3 is 10.2 Å². The summed E-state index contributed by atoms with van der Waals surface area (Å²) in [4.78, 5) is 18.5. The van der Waals surface area contributed by atoms with Gasteiger partial charge in [-0.1, -0.05) is 13.0 Å². The summed E-state index contributed by atoms with van der Waals surface area (Å²) in [7, 11) is -2.33. The quantitative estimate of drug-likeness (QED) is 0.583. The van der Waals surface area contributed by atoms with Crippen molar-refractivity contribution in [3.63, 3.8) is 0 Å². The van der Waals surface area contributed by atoms with Crippen LogP contribution in [0.3, 0.4) is 0 Å². The van der Waals surface area contributed by atoms with Crippen LogP contribution in [-0.2, 0) is 10.2 Å². The molecule has 9 nitrogen and oxygen atoms in total. The molecule has 0 aliphatic heterocycles. The second kappa shape index (κ2) is 7.67. The smallest absolute Gasteiger partial charge is 0.301 e. The Morgan fingerprint density at radius 2 is 2.00 bits per heavy atom. The fourth-order valence-electron chi connectivity index (χ4n) is 2.55. The maximum absolute atomic E-state index is 12.3. The molecule has 0 radical (unpaired) electrons. The summed E-state index contributed by atoms with van der Waals surface area (Å²) in [5.41, 5.74) is 1.52. The molecule has 0 bridgehead atoms. The molecule has 0 atom stereocenters. The molecule has 3 N–H and O–H groups in total. The molecule has 28 heavy (non-hydrogen) atoms. The standard InChI is InChI=1S/C18H18N6O3S/c1-3-24(2)28(26,27)23-17-6-4-5-16(14(17)10-19)22-12-7-8-15-13(9-12)18(25)21-11-20-15/h4-9,11,22-23H,3H2,1-2H3,(H,20,21,25). The van der Waals surface area contributed by atoms with Gasteiger partial charge in [0.25, 0.3) is 5.56 Å². The van der Waals surface area contributed by atoms with E-state index in [0.29, 0.717) is 22.3 Å². The Morgan fingerprint density at radius 1 is 1.25 bits per heavy atom. The van der Waals surface area contributed by atoms with Crippen LogP contribution < -0.4 is 15.6 Å². The van der Waals surface area contributed by atoms with Crippen LogP contribution in [0.4, 0.5) is 17.1 Å². The number of hydrogen-bond donors (Lipinski definition) is 3. The van der Waals surface area contributed by atoms with Crippen LogP contribution in [0.15, 0.2) is 47.5 Å². The van der Waals surface area contributed by atoms with Gasteiger partial charge in [0.05, 0.1) is 34.2 Å². The third kappa shape index (κ3) is 3.80. The van der Waals surface area contributed by atoms with Gasteiger partial charge in [-0.05, 0) is 30.3 Å². The predicted octanol–water partition coefficient (Wildman–Crippen LogP) is 2.15. The first-order valence-corrected chi connectivity index (χ1v) is 9.81. The van der Waals surface area contributed by atoms with E-state index in [0.717, 1.165) is 4.31 Å². The third-order valence-corrected chi connectivity index (χ3v) is 5.75. The summed E-state index contributed by atoms with van der Waals surface area (Å²) in [6, 6.07) is 11.8. The van der Waals surface area contributed by atoms with E-state index in [9.17, 15) is 18.5 Å². The number of H-pyrrole nitrogens is 1. The minimum Gasteiger partial charge on any atom is -0.354 e. The Bertz CT molecular complexity index is 1230. The van der Waals surface area contributed by atoms with Gasteiger partial charge in [-0.25, -0.2) is 4.98 Å². The van der Waals surface area contributed by atoms with Crippen molar-refractivity contribution in [3.8, 4) is 6.07 Å². The number of aromatic amines is 1. The molecule has 0 aliphatic rings. The fraction of sp³-hybridized carbons (Fsp3) is 0.167. The fourth-order valence-corrected chi connectivity index (χ4v) is 3.49. The number of benzene rings is 2. The van der Waals surface area contributed by atoms with E-state index in [2.05, 4.69) is 20.0 Å². The van der Waals surface area contributed by atoms with E-state index in [-0.39, 0.29) is 23.4 Å². The molecule has 1 heterocycles. The number of anilines is 3. The second-order valence-electron chi connectivity index (χ2n) is 5.95. The van der Waals surface area contributed by atoms with Gasteiger partial charge in [-0.3, -0.25) is 9.52 Å². The zero-order chi connectivity index (χ0) is 20.3. The summed E-state index contributed by atoms with van der Waals surface area (Å²) in [5.74, 6) is 0. The molecule has 10 heteroatoms. The van der Waals surface area contributed by atoms with Gasteiger partial charge in [0.15, 0.2) is 0 Å². The lowest BCUT2D eigenvalue weighted by molar-refractivity contribution is 0.491. The Labute approximate surface area is 161 Å². The van der Waals surface area contributed by atoms with Crippen molar-refractivity contribution in [2.24, 2.45) is 0 Å². The van der Waals surface area contributed by atoms with Crippen LogP contribution >= 0.6 is 0 Å². The zero-order valence-electron chi connectivity index (χ0n) is 15.2. The van der Waals surface area contributed by atoms with Crippen LogP contribution in [0.5, 0.6) is 0 Å². The monoisotopic (exact) mass is 398 g/mol. The summed E-state index contributed by atoms with van der Waals surface area (Å²) in [6.07, 6.45) is 1.33. The van der Waals surface area contributed by atoms with Crippen LogP contribution in [0.2, 0.25) is 0 Å². The van der Waals surface area contributed by atoms with Crippen molar-refractivity contribution in [2.75, 3.05) is 23.6 Å². The third-order valence-electron chi connectivity index (χ3n) is 4.19. The highest BCUT2D eigenvalue weighted by Gasteiger charge is 2.19. The number of nitrogens with one attached hydrogen (secondary N) is 3. The Balaban J connectivity index is 1.99. The van der Waals surface area contributed by atoms with Crippen molar-refractivity contribution in [1.82, 2.24) is 14.3 Å². The van der Waals surface area contributed by atoms with Crippen molar-refractivity contribution in [2.45, 2.75) is 6.92 Å². The summed E-state index contributed by atoms with van der Waals surface area (Å²) in [5, 5.41) is 13.0. The van der Waals surface area contributed by atoms with Crippen LogP contribution in [0.25, 0.3) is 10.9 Å². The summed E-state index contributed by atoms with van der Waals surface area (Å²) in [6.45, 7) is 1.99. The number of nitrogens with zero attached hydrogens (tertiary/aromatic N) is 3. The molecule has 0 amide bonds. The maximum Gasteiger partial charge on any atom is 0.301 e. The lowest BCUT2D eigenvalue weighted by Gasteiger charge is -2.18. The topological polar surface area (TPSA) is 131 Å².